The Bertz CT molecular complexity index is 26.7. The summed E-state index contributed by atoms with van der Waals surface area (Å²) in [6, 6.07) is 0. The molecule has 0 aromatic heterocycles. The van der Waals surface area contributed by atoms with Crippen LogP contribution in [0.1, 0.15) is 13.8 Å². The van der Waals surface area contributed by atoms with Crippen molar-refractivity contribution in [3.8, 4) is 0 Å². The molecule has 0 radical (unpaired) electrons. The van der Waals surface area contributed by atoms with Crippen LogP contribution in [0.2, 0.25) is 7.96 Å². The van der Waals surface area contributed by atoms with Crippen molar-refractivity contribution in [1.82, 2.24) is 0 Å². The summed E-state index contributed by atoms with van der Waals surface area (Å²) in [5.41, 5.74) is 0. The van der Waals surface area contributed by atoms with E-state index in [4.69, 9.17) is 0 Å². The third-order valence-electron chi connectivity index (χ3n) is 0.886. The van der Waals surface area contributed by atoms with Crippen LogP contribution in [0.4, 0.5) is 0 Å². The molecule has 0 rings (SSSR count). The van der Waals surface area contributed by atoms with Crippen molar-refractivity contribution < 1.29 is 0 Å². The fourth-order valence-corrected chi connectivity index (χ4v) is 2.53. The zero-order valence-corrected chi connectivity index (χ0v) is 10.4. The molecule has 0 aromatic rings. The molecule has 0 aromatic carbocycles. The standard InChI is InChI=1S/2C2H5.BrH.Tl/c2*1-2;;/h2*1H2,2H3;1H;/q;;;+1/p-1. The second-order valence-corrected chi connectivity index (χ2v) is 23.8. The predicted molar refractivity (Wildman–Crippen MR) is 35.6 cm³/mol. The van der Waals surface area contributed by atoms with Crippen molar-refractivity contribution in [2.45, 2.75) is 21.8 Å². The number of rotatable bonds is 2. The molecule has 36 valence electrons. The van der Waals surface area contributed by atoms with Crippen LogP contribution in [0.5, 0.6) is 0 Å². The quantitative estimate of drug-likeness (QED) is 0.676. The Morgan fingerprint density at radius 1 is 1.33 bits per heavy atom. The van der Waals surface area contributed by atoms with Gasteiger partial charge in [-0.05, 0) is 0 Å². The predicted octanol–water partition coefficient (Wildman–Crippen LogP) is 2.41. The van der Waals surface area contributed by atoms with Gasteiger partial charge in [-0.15, -0.1) is 0 Å². The van der Waals surface area contributed by atoms with Crippen molar-refractivity contribution in [2.75, 3.05) is 0 Å². The van der Waals surface area contributed by atoms with E-state index in [1.165, 1.54) is 7.96 Å². The van der Waals surface area contributed by atoms with E-state index < -0.39 is 20.3 Å². The third kappa shape index (κ3) is 3.59. The van der Waals surface area contributed by atoms with Gasteiger partial charge in [-0.1, -0.05) is 0 Å². The van der Waals surface area contributed by atoms with E-state index in [0.29, 0.717) is 0 Å². The van der Waals surface area contributed by atoms with Crippen molar-refractivity contribution in [2.24, 2.45) is 0 Å². The van der Waals surface area contributed by atoms with E-state index in [-0.39, 0.29) is 0 Å². The maximum atomic E-state index is 3.70. The molecule has 0 saturated heterocycles. The first-order valence-electron chi connectivity index (χ1n) is 2.45. The molecule has 0 spiro atoms. The van der Waals surface area contributed by atoms with E-state index in [1.54, 1.807) is 0 Å². The molecule has 0 atom stereocenters. The first-order chi connectivity index (χ1) is 2.81. The minimum absolute atomic E-state index is 1.01. The SMILES string of the molecule is C[CH2][Tl]([Br])[CH2]C. The molecule has 0 unspecified atom stereocenters. The third-order valence-corrected chi connectivity index (χ3v) is 19.1. The molecule has 0 N–H and O–H groups in total. The van der Waals surface area contributed by atoms with E-state index in [0.717, 1.165) is 0 Å². The fraction of sp³-hybridized carbons (Fsp3) is 1.00. The van der Waals surface area contributed by atoms with Crippen LogP contribution < -0.4 is 0 Å². The van der Waals surface area contributed by atoms with Gasteiger partial charge in [0.05, 0.1) is 0 Å². The molecule has 0 saturated carbocycles. The van der Waals surface area contributed by atoms with Gasteiger partial charge in [-0.3, -0.25) is 0 Å². The van der Waals surface area contributed by atoms with Crippen LogP contribution in [0, 0.1) is 0 Å². The summed E-state index contributed by atoms with van der Waals surface area (Å²) < 4.78 is 2.94. The van der Waals surface area contributed by atoms with Crippen molar-refractivity contribution >= 4 is 32.3 Å². The monoisotopic (exact) mass is 342 g/mol. The fourth-order valence-electron chi connectivity index (χ4n) is 0.289. The molecule has 0 aliphatic rings. The van der Waals surface area contributed by atoms with Gasteiger partial charge in [0.15, 0.2) is 0 Å². The molecule has 0 aliphatic carbocycles. The van der Waals surface area contributed by atoms with Crippen molar-refractivity contribution in [3.63, 3.8) is 0 Å². The summed E-state index contributed by atoms with van der Waals surface area (Å²) in [4.78, 5) is 0. The van der Waals surface area contributed by atoms with Gasteiger partial charge < -0.3 is 0 Å². The van der Waals surface area contributed by atoms with Crippen LogP contribution >= 0.6 is 12.0 Å². The Labute approximate surface area is 53.7 Å². The van der Waals surface area contributed by atoms with Gasteiger partial charge in [0.1, 0.15) is 0 Å². The molecular weight excluding hydrogens is 332 g/mol. The Morgan fingerprint density at radius 2 is 1.67 bits per heavy atom. The molecule has 0 amide bonds. The van der Waals surface area contributed by atoms with Gasteiger partial charge >= 0.3 is 54.1 Å². The van der Waals surface area contributed by atoms with E-state index in [2.05, 4.69) is 25.8 Å². The van der Waals surface area contributed by atoms with Crippen molar-refractivity contribution in [1.29, 1.82) is 0 Å². The average molecular weight is 342 g/mol. The van der Waals surface area contributed by atoms with E-state index >= 15 is 0 Å². The minimum atomic E-state index is -1.01. The molecule has 6 heavy (non-hydrogen) atoms. The van der Waals surface area contributed by atoms with Gasteiger partial charge in [-0.2, -0.15) is 0 Å². The van der Waals surface area contributed by atoms with Crippen LogP contribution in [0.25, 0.3) is 0 Å². The summed E-state index contributed by atoms with van der Waals surface area (Å²) in [6.07, 6.45) is 0. The van der Waals surface area contributed by atoms with Gasteiger partial charge in [-0.25, -0.2) is 0 Å². The van der Waals surface area contributed by atoms with E-state index in [9.17, 15) is 0 Å². The normalized spacial score (nSPS) is 8.50. The van der Waals surface area contributed by atoms with Crippen molar-refractivity contribution in [3.05, 3.63) is 0 Å². The molecular formula is C4H10BrTl. The second-order valence-electron chi connectivity index (χ2n) is 1.41. The maximum absolute atomic E-state index is 3.70. The Hall–Kier alpha value is 1.40. The summed E-state index contributed by atoms with van der Waals surface area (Å²) in [6.45, 7) is 4.56. The first kappa shape index (κ1) is 7.40. The zero-order valence-electron chi connectivity index (χ0n) is 4.37. The molecule has 0 fully saturated rings. The van der Waals surface area contributed by atoms with E-state index in [1.807, 2.05) is 0 Å². The van der Waals surface area contributed by atoms with Gasteiger partial charge in [0, 0.05) is 0 Å². The Kier molecular flexibility index (Phi) is 5.62. The van der Waals surface area contributed by atoms with Crippen LogP contribution in [0.3, 0.4) is 0 Å². The topological polar surface area (TPSA) is 0 Å². The van der Waals surface area contributed by atoms with Gasteiger partial charge in [0.25, 0.3) is 0 Å². The van der Waals surface area contributed by atoms with Crippen LogP contribution in [-0.4, -0.2) is 20.3 Å². The first-order valence-corrected chi connectivity index (χ1v) is 18.5. The summed E-state index contributed by atoms with van der Waals surface area (Å²) in [5.74, 6) is 0. The molecule has 0 aliphatic heterocycles. The average Bonchev–Trinajstić information content (AvgIpc) is 1.65. The number of halogens is 1. The summed E-state index contributed by atoms with van der Waals surface area (Å²) in [7, 11) is 0. The zero-order chi connectivity index (χ0) is 4.99. The Balaban J connectivity index is 2.75. The van der Waals surface area contributed by atoms with Gasteiger partial charge in [0.2, 0.25) is 0 Å². The summed E-state index contributed by atoms with van der Waals surface area (Å²) in [5, 5.41) is 0. The summed E-state index contributed by atoms with van der Waals surface area (Å²) >= 11 is 2.69. The second kappa shape index (κ2) is 4.56. The molecule has 0 nitrogen and oxygen atoms in total. The Morgan fingerprint density at radius 3 is 1.67 bits per heavy atom. The molecule has 0 bridgehead atoms. The molecule has 2 heteroatoms. The number of hydrogen-bond donors (Lipinski definition) is 0. The van der Waals surface area contributed by atoms with Crippen LogP contribution in [0.15, 0.2) is 0 Å². The number of hydrogen-bond acceptors (Lipinski definition) is 0. The van der Waals surface area contributed by atoms with Crippen LogP contribution in [-0.2, 0) is 0 Å². The molecule has 0 heterocycles.